The lowest BCUT2D eigenvalue weighted by Gasteiger charge is -2.07. The Labute approximate surface area is 81.0 Å². The Balaban J connectivity index is 2.48. The number of ether oxygens (including phenoxy) is 1. The smallest absolute Gasteiger partial charge is 0.340 e. The Morgan fingerprint density at radius 3 is 3.08 bits per heavy atom. The van der Waals surface area contributed by atoms with Crippen molar-refractivity contribution in [1.29, 1.82) is 0 Å². The zero-order valence-corrected chi connectivity index (χ0v) is 8.21. The van der Waals surface area contributed by atoms with Crippen molar-refractivity contribution in [2.24, 2.45) is 0 Å². The molecule has 4 heteroatoms. The maximum absolute atomic E-state index is 11.1. The van der Waals surface area contributed by atoms with Crippen molar-refractivity contribution < 1.29 is 14.6 Å². The largest absolute Gasteiger partial charge is 0.464 e. The number of carbonyl (C=O) groups excluding carboxylic acids is 1. The summed E-state index contributed by atoms with van der Waals surface area (Å²) in [6, 6.07) is 3.50. The highest BCUT2D eigenvalue weighted by atomic mass is 32.1. The monoisotopic (exact) mass is 200 g/mol. The SMILES string of the molecule is CCCOC(=O)C(O)c1cccs1. The number of thiophene rings is 1. The molecule has 1 aromatic rings. The van der Waals surface area contributed by atoms with Gasteiger partial charge in [-0.2, -0.15) is 0 Å². The molecule has 1 atom stereocenters. The van der Waals surface area contributed by atoms with Crippen LogP contribution in [0.4, 0.5) is 0 Å². The minimum Gasteiger partial charge on any atom is -0.464 e. The van der Waals surface area contributed by atoms with Crippen molar-refractivity contribution >= 4 is 17.3 Å². The normalized spacial score (nSPS) is 12.5. The summed E-state index contributed by atoms with van der Waals surface area (Å²) in [6.07, 6.45) is -0.352. The maximum atomic E-state index is 11.1. The Hall–Kier alpha value is -0.870. The van der Waals surface area contributed by atoms with Crippen molar-refractivity contribution in [2.45, 2.75) is 19.4 Å². The molecule has 0 aliphatic carbocycles. The summed E-state index contributed by atoms with van der Waals surface area (Å²) < 4.78 is 4.79. The number of aliphatic hydroxyl groups is 1. The Kier molecular flexibility index (Phi) is 3.92. The van der Waals surface area contributed by atoms with E-state index in [1.54, 1.807) is 12.1 Å². The zero-order chi connectivity index (χ0) is 9.68. The third-order valence-electron chi connectivity index (χ3n) is 1.48. The zero-order valence-electron chi connectivity index (χ0n) is 7.40. The summed E-state index contributed by atoms with van der Waals surface area (Å²) in [5.74, 6) is -0.565. The van der Waals surface area contributed by atoms with Gasteiger partial charge in [0, 0.05) is 4.88 Å². The predicted molar refractivity (Wildman–Crippen MR) is 50.5 cm³/mol. The van der Waals surface area contributed by atoms with Crippen molar-refractivity contribution in [1.82, 2.24) is 0 Å². The van der Waals surface area contributed by atoms with Crippen LogP contribution in [0.1, 0.15) is 24.3 Å². The van der Waals surface area contributed by atoms with Gasteiger partial charge in [-0.3, -0.25) is 0 Å². The van der Waals surface area contributed by atoms with E-state index in [1.807, 2.05) is 12.3 Å². The number of rotatable bonds is 4. The fourth-order valence-electron chi connectivity index (χ4n) is 0.845. The molecule has 1 rings (SSSR count). The van der Waals surface area contributed by atoms with Crippen molar-refractivity contribution in [3.63, 3.8) is 0 Å². The van der Waals surface area contributed by atoms with Crippen molar-refractivity contribution in [2.75, 3.05) is 6.61 Å². The number of esters is 1. The van der Waals surface area contributed by atoms with Gasteiger partial charge < -0.3 is 9.84 Å². The van der Waals surface area contributed by atoms with E-state index in [0.717, 1.165) is 6.42 Å². The Bertz CT molecular complexity index is 256. The van der Waals surface area contributed by atoms with Crippen molar-refractivity contribution in [3.8, 4) is 0 Å². The lowest BCUT2D eigenvalue weighted by molar-refractivity contribution is -0.153. The van der Waals surface area contributed by atoms with Gasteiger partial charge in [0.25, 0.3) is 0 Å². The van der Waals surface area contributed by atoms with Gasteiger partial charge in [-0.25, -0.2) is 4.79 Å². The molecule has 0 fully saturated rings. The minimum absolute atomic E-state index is 0.362. The number of hydrogen-bond donors (Lipinski definition) is 1. The van der Waals surface area contributed by atoms with Gasteiger partial charge >= 0.3 is 5.97 Å². The van der Waals surface area contributed by atoms with E-state index < -0.39 is 12.1 Å². The van der Waals surface area contributed by atoms with E-state index >= 15 is 0 Å². The fraction of sp³-hybridized carbons (Fsp3) is 0.444. The molecule has 13 heavy (non-hydrogen) atoms. The molecule has 1 N–H and O–H groups in total. The van der Waals surface area contributed by atoms with Crippen LogP contribution in [0, 0.1) is 0 Å². The molecule has 0 aliphatic rings. The van der Waals surface area contributed by atoms with Crippen LogP contribution >= 0.6 is 11.3 Å². The van der Waals surface area contributed by atoms with Crippen LogP contribution in [0.25, 0.3) is 0 Å². The van der Waals surface area contributed by atoms with E-state index in [0.29, 0.717) is 11.5 Å². The highest BCUT2D eigenvalue weighted by Crippen LogP contribution is 2.19. The first-order valence-electron chi connectivity index (χ1n) is 4.13. The molecule has 0 saturated carbocycles. The third kappa shape index (κ3) is 2.82. The van der Waals surface area contributed by atoms with Crippen LogP contribution in [0.15, 0.2) is 17.5 Å². The van der Waals surface area contributed by atoms with Crippen LogP contribution in [0.5, 0.6) is 0 Å². The summed E-state index contributed by atoms with van der Waals surface area (Å²) in [5.41, 5.74) is 0. The predicted octanol–water partition coefficient (Wildman–Crippen LogP) is 1.73. The molecule has 3 nitrogen and oxygen atoms in total. The summed E-state index contributed by atoms with van der Waals surface area (Å²) >= 11 is 1.34. The summed E-state index contributed by atoms with van der Waals surface area (Å²) in [4.78, 5) is 11.8. The Morgan fingerprint density at radius 2 is 2.54 bits per heavy atom. The van der Waals surface area contributed by atoms with Crippen LogP contribution in [-0.2, 0) is 9.53 Å². The highest BCUT2D eigenvalue weighted by Gasteiger charge is 2.19. The first-order valence-corrected chi connectivity index (χ1v) is 5.01. The van der Waals surface area contributed by atoms with E-state index in [-0.39, 0.29) is 0 Å². The molecule has 72 valence electrons. The van der Waals surface area contributed by atoms with Crippen molar-refractivity contribution in [3.05, 3.63) is 22.4 Å². The molecule has 1 heterocycles. The molecule has 0 aromatic carbocycles. The number of carbonyl (C=O) groups is 1. The van der Waals surface area contributed by atoms with E-state index in [1.165, 1.54) is 11.3 Å². The van der Waals surface area contributed by atoms with Gasteiger partial charge in [-0.05, 0) is 17.9 Å². The standard InChI is InChI=1S/C9H12O3S/c1-2-5-12-9(11)8(10)7-4-3-6-13-7/h3-4,6,8,10H,2,5H2,1H3. The fourth-order valence-corrected chi connectivity index (χ4v) is 1.54. The quantitative estimate of drug-likeness (QED) is 0.753. The lowest BCUT2D eigenvalue weighted by Crippen LogP contribution is -2.14. The molecule has 0 amide bonds. The summed E-state index contributed by atoms with van der Waals surface area (Å²) in [7, 11) is 0. The van der Waals surface area contributed by atoms with Gasteiger partial charge in [0.15, 0.2) is 6.10 Å². The molecule has 0 radical (unpaired) electrons. The van der Waals surface area contributed by atoms with E-state index in [4.69, 9.17) is 4.74 Å². The first-order chi connectivity index (χ1) is 6.25. The average Bonchev–Trinajstić information content (AvgIpc) is 2.65. The summed E-state index contributed by atoms with van der Waals surface area (Å²) in [5, 5.41) is 11.3. The number of hydrogen-bond acceptors (Lipinski definition) is 4. The molecule has 1 aromatic heterocycles. The van der Waals surface area contributed by atoms with Gasteiger partial charge in [0.05, 0.1) is 6.61 Å². The molecule has 1 unspecified atom stereocenters. The van der Waals surface area contributed by atoms with Gasteiger partial charge in [-0.15, -0.1) is 11.3 Å². The topological polar surface area (TPSA) is 46.5 Å². The highest BCUT2D eigenvalue weighted by molar-refractivity contribution is 7.10. The first kappa shape index (κ1) is 10.2. The average molecular weight is 200 g/mol. The van der Waals surface area contributed by atoms with E-state index in [2.05, 4.69) is 0 Å². The summed E-state index contributed by atoms with van der Waals surface area (Å²) in [6.45, 7) is 2.27. The van der Waals surface area contributed by atoms with Crippen LogP contribution in [0.3, 0.4) is 0 Å². The van der Waals surface area contributed by atoms with Crippen LogP contribution < -0.4 is 0 Å². The van der Waals surface area contributed by atoms with Crippen LogP contribution in [0.2, 0.25) is 0 Å². The maximum Gasteiger partial charge on any atom is 0.340 e. The molecule has 0 spiro atoms. The second-order valence-electron chi connectivity index (χ2n) is 2.59. The molecular weight excluding hydrogens is 188 g/mol. The Morgan fingerprint density at radius 1 is 1.77 bits per heavy atom. The second kappa shape index (κ2) is 4.99. The second-order valence-corrected chi connectivity index (χ2v) is 3.56. The third-order valence-corrected chi connectivity index (χ3v) is 2.41. The molecule has 0 aliphatic heterocycles. The van der Waals surface area contributed by atoms with Gasteiger partial charge in [-0.1, -0.05) is 13.0 Å². The van der Waals surface area contributed by atoms with E-state index in [9.17, 15) is 9.90 Å². The van der Waals surface area contributed by atoms with Gasteiger partial charge in [0.1, 0.15) is 0 Å². The minimum atomic E-state index is -1.12. The number of aliphatic hydroxyl groups excluding tert-OH is 1. The van der Waals surface area contributed by atoms with Gasteiger partial charge in [0.2, 0.25) is 0 Å². The molecular formula is C9H12O3S. The lowest BCUT2D eigenvalue weighted by atomic mass is 10.3. The molecule has 0 saturated heterocycles. The van der Waals surface area contributed by atoms with Crippen LogP contribution in [-0.4, -0.2) is 17.7 Å². The molecule has 0 bridgehead atoms.